The molecule has 1 aromatic heterocycles. The molecule has 0 saturated carbocycles. The number of morpholine rings is 1. The predicted octanol–water partition coefficient (Wildman–Crippen LogP) is 2.13. The SMILES string of the molecule is Cc1nc(C2CN(C(=O)C3CCCc4ccccc43)CCO2)n[nH]1. The van der Waals surface area contributed by atoms with Gasteiger partial charge in [-0.25, -0.2) is 4.98 Å². The maximum Gasteiger partial charge on any atom is 0.230 e. The molecule has 1 aromatic carbocycles. The third kappa shape index (κ3) is 2.82. The van der Waals surface area contributed by atoms with Crippen molar-refractivity contribution >= 4 is 5.91 Å². The zero-order valence-electron chi connectivity index (χ0n) is 13.9. The minimum Gasteiger partial charge on any atom is -0.366 e. The first-order chi connectivity index (χ1) is 11.7. The molecule has 2 aromatic rings. The molecule has 1 amide bonds. The van der Waals surface area contributed by atoms with Gasteiger partial charge in [0.1, 0.15) is 11.9 Å². The summed E-state index contributed by atoms with van der Waals surface area (Å²) in [5.41, 5.74) is 2.52. The van der Waals surface area contributed by atoms with Crippen molar-refractivity contribution < 1.29 is 9.53 Å². The number of nitrogens with one attached hydrogen (secondary N) is 1. The third-order valence-corrected chi connectivity index (χ3v) is 4.95. The van der Waals surface area contributed by atoms with E-state index in [0.717, 1.165) is 25.1 Å². The summed E-state index contributed by atoms with van der Waals surface area (Å²) in [6.07, 6.45) is 2.83. The summed E-state index contributed by atoms with van der Waals surface area (Å²) in [6.45, 7) is 3.55. The minimum atomic E-state index is -0.244. The highest BCUT2D eigenvalue weighted by Gasteiger charge is 2.34. The molecule has 1 N–H and O–H groups in total. The van der Waals surface area contributed by atoms with Crippen LogP contribution in [0.5, 0.6) is 0 Å². The molecular weight excluding hydrogens is 304 g/mol. The number of carbonyl (C=O) groups is 1. The second-order valence-electron chi connectivity index (χ2n) is 6.57. The van der Waals surface area contributed by atoms with Gasteiger partial charge in [-0.2, -0.15) is 5.10 Å². The molecule has 126 valence electrons. The fourth-order valence-corrected chi connectivity index (χ4v) is 3.74. The molecule has 6 nitrogen and oxygen atoms in total. The van der Waals surface area contributed by atoms with Crippen LogP contribution in [0.3, 0.4) is 0 Å². The number of H-pyrrole nitrogens is 1. The van der Waals surface area contributed by atoms with E-state index in [9.17, 15) is 4.79 Å². The number of rotatable bonds is 2. The van der Waals surface area contributed by atoms with Crippen LogP contribution in [0.25, 0.3) is 0 Å². The summed E-state index contributed by atoms with van der Waals surface area (Å²) in [5.74, 6) is 1.58. The van der Waals surface area contributed by atoms with Gasteiger partial charge in [0, 0.05) is 6.54 Å². The Bertz CT molecular complexity index is 742. The number of hydrogen-bond acceptors (Lipinski definition) is 4. The van der Waals surface area contributed by atoms with E-state index in [2.05, 4.69) is 33.4 Å². The van der Waals surface area contributed by atoms with Crippen LogP contribution >= 0.6 is 0 Å². The lowest BCUT2D eigenvalue weighted by Crippen LogP contribution is -2.45. The predicted molar refractivity (Wildman–Crippen MR) is 88.5 cm³/mol. The smallest absolute Gasteiger partial charge is 0.230 e. The Labute approximate surface area is 141 Å². The van der Waals surface area contributed by atoms with Gasteiger partial charge in [-0.1, -0.05) is 24.3 Å². The first kappa shape index (κ1) is 15.3. The summed E-state index contributed by atoms with van der Waals surface area (Å²) in [5, 5.41) is 7.02. The molecule has 1 aliphatic heterocycles. The Balaban J connectivity index is 1.52. The Hall–Kier alpha value is -2.21. The van der Waals surface area contributed by atoms with E-state index in [1.165, 1.54) is 11.1 Å². The van der Waals surface area contributed by atoms with E-state index < -0.39 is 0 Å². The van der Waals surface area contributed by atoms with Crippen LogP contribution in [0.2, 0.25) is 0 Å². The highest BCUT2D eigenvalue weighted by molar-refractivity contribution is 5.84. The maximum absolute atomic E-state index is 13.1. The average Bonchev–Trinajstić information content (AvgIpc) is 3.07. The number of aromatic nitrogens is 3. The molecule has 1 fully saturated rings. The van der Waals surface area contributed by atoms with Crippen LogP contribution in [0.15, 0.2) is 24.3 Å². The summed E-state index contributed by atoms with van der Waals surface area (Å²) < 4.78 is 5.78. The topological polar surface area (TPSA) is 71.1 Å². The van der Waals surface area contributed by atoms with Crippen LogP contribution in [0, 0.1) is 6.92 Å². The summed E-state index contributed by atoms with van der Waals surface area (Å²) in [7, 11) is 0. The molecule has 2 aliphatic rings. The van der Waals surface area contributed by atoms with E-state index in [0.29, 0.717) is 25.5 Å². The molecule has 24 heavy (non-hydrogen) atoms. The lowest BCUT2D eigenvalue weighted by molar-refractivity contribution is -0.141. The molecule has 2 unspecified atom stereocenters. The first-order valence-electron chi connectivity index (χ1n) is 8.59. The van der Waals surface area contributed by atoms with E-state index in [1.807, 2.05) is 17.9 Å². The van der Waals surface area contributed by atoms with Crippen LogP contribution in [-0.4, -0.2) is 45.7 Å². The standard InChI is InChI=1S/C18H22N4O2/c1-12-19-17(21-20-12)16-11-22(9-10-24-16)18(23)15-8-4-6-13-5-2-3-7-14(13)15/h2-3,5,7,15-16H,4,6,8-11H2,1H3,(H,19,20,21). The number of amides is 1. The molecule has 1 saturated heterocycles. The molecular formula is C18H22N4O2. The second kappa shape index (κ2) is 6.36. The molecule has 6 heteroatoms. The maximum atomic E-state index is 13.1. The van der Waals surface area contributed by atoms with Crippen LogP contribution in [0.1, 0.15) is 47.6 Å². The number of fused-ring (bicyclic) bond motifs is 1. The van der Waals surface area contributed by atoms with Gasteiger partial charge in [-0.15, -0.1) is 0 Å². The first-order valence-corrected chi connectivity index (χ1v) is 8.59. The normalized spacial score (nSPS) is 23.8. The lowest BCUT2D eigenvalue weighted by atomic mass is 9.82. The highest BCUT2D eigenvalue weighted by Crippen LogP contribution is 2.34. The summed E-state index contributed by atoms with van der Waals surface area (Å²) in [4.78, 5) is 19.4. The van der Waals surface area contributed by atoms with Crippen molar-refractivity contribution in [1.82, 2.24) is 20.1 Å². The number of benzene rings is 1. The van der Waals surface area contributed by atoms with Gasteiger partial charge in [0.15, 0.2) is 5.82 Å². The number of nitrogens with zero attached hydrogens (tertiary/aromatic N) is 3. The molecule has 1 aliphatic carbocycles. The Morgan fingerprint density at radius 1 is 1.38 bits per heavy atom. The van der Waals surface area contributed by atoms with E-state index in [4.69, 9.17) is 4.74 Å². The molecule has 2 heterocycles. The molecule has 0 spiro atoms. The lowest BCUT2D eigenvalue weighted by Gasteiger charge is -2.35. The van der Waals surface area contributed by atoms with Gasteiger partial charge in [0.05, 0.1) is 19.1 Å². The minimum absolute atomic E-state index is 0.0254. The third-order valence-electron chi connectivity index (χ3n) is 4.95. The van der Waals surface area contributed by atoms with Crippen LogP contribution < -0.4 is 0 Å². The fourth-order valence-electron chi connectivity index (χ4n) is 3.74. The van der Waals surface area contributed by atoms with Crippen molar-refractivity contribution in [2.24, 2.45) is 0 Å². The summed E-state index contributed by atoms with van der Waals surface area (Å²) >= 11 is 0. The number of aryl methyl sites for hydroxylation is 2. The van der Waals surface area contributed by atoms with Crippen LogP contribution in [-0.2, 0) is 16.0 Å². The zero-order valence-corrected chi connectivity index (χ0v) is 13.9. The van der Waals surface area contributed by atoms with Crippen molar-refractivity contribution in [3.05, 3.63) is 47.0 Å². The van der Waals surface area contributed by atoms with E-state index in [1.54, 1.807) is 0 Å². The average molecular weight is 326 g/mol. The number of hydrogen-bond donors (Lipinski definition) is 1. The van der Waals surface area contributed by atoms with Crippen molar-refractivity contribution in [3.8, 4) is 0 Å². The number of ether oxygens (including phenoxy) is 1. The number of aromatic amines is 1. The van der Waals surface area contributed by atoms with E-state index in [-0.39, 0.29) is 17.9 Å². The monoisotopic (exact) mass is 326 g/mol. The van der Waals surface area contributed by atoms with Gasteiger partial charge >= 0.3 is 0 Å². The Morgan fingerprint density at radius 3 is 3.08 bits per heavy atom. The largest absolute Gasteiger partial charge is 0.366 e. The van der Waals surface area contributed by atoms with Gasteiger partial charge in [-0.3, -0.25) is 9.89 Å². The summed E-state index contributed by atoms with van der Waals surface area (Å²) in [6, 6.07) is 8.34. The molecule has 0 bridgehead atoms. The second-order valence-corrected chi connectivity index (χ2v) is 6.57. The van der Waals surface area contributed by atoms with Crippen molar-refractivity contribution in [2.75, 3.05) is 19.7 Å². The molecule has 2 atom stereocenters. The van der Waals surface area contributed by atoms with Crippen LogP contribution in [0.4, 0.5) is 0 Å². The van der Waals surface area contributed by atoms with Gasteiger partial charge in [-0.05, 0) is 37.3 Å². The Kier molecular flexibility index (Phi) is 4.06. The van der Waals surface area contributed by atoms with Gasteiger partial charge in [0.2, 0.25) is 5.91 Å². The van der Waals surface area contributed by atoms with E-state index >= 15 is 0 Å². The fraction of sp³-hybridized carbons (Fsp3) is 0.500. The van der Waals surface area contributed by atoms with Gasteiger partial charge < -0.3 is 9.64 Å². The molecule has 4 rings (SSSR count). The number of carbonyl (C=O) groups excluding carboxylic acids is 1. The Morgan fingerprint density at radius 2 is 2.25 bits per heavy atom. The quantitative estimate of drug-likeness (QED) is 0.918. The van der Waals surface area contributed by atoms with Crippen molar-refractivity contribution in [3.63, 3.8) is 0 Å². The molecule has 0 radical (unpaired) electrons. The van der Waals surface area contributed by atoms with Crippen molar-refractivity contribution in [2.45, 2.75) is 38.2 Å². The van der Waals surface area contributed by atoms with Crippen molar-refractivity contribution in [1.29, 1.82) is 0 Å². The highest BCUT2D eigenvalue weighted by atomic mass is 16.5. The van der Waals surface area contributed by atoms with Gasteiger partial charge in [0.25, 0.3) is 0 Å². The zero-order chi connectivity index (χ0) is 16.5.